The highest BCUT2D eigenvalue weighted by atomic mass is 35.5. The molecule has 0 saturated heterocycles. The van der Waals surface area contributed by atoms with Gasteiger partial charge in [-0.2, -0.15) is 0 Å². The van der Waals surface area contributed by atoms with Gasteiger partial charge in [0.25, 0.3) is 0 Å². The third-order valence-corrected chi connectivity index (χ3v) is 3.15. The summed E-state index contributed by atoms with van der Waals surface area (Å²) in [7, 11) is 0. The largest absolute Gasteiger partial charge is 0.274 e. The molecule has 0 aromatic rings. The quantitative estimate of drug-likeness (QED) is 0.569. The Bertz CT molecular complexity index is 185. The highest BCUT2D eigenvalue weighted by Gasteiger charge is 2.19. The zero-order valence-corrected chi connectivity index (χ0v) is 9.69. The maximum atomic E-state index is 6.14. The number of halogens is 1. The molecule has 2 heteroatoms. The van der Waals surface area contributed by atoms with Crippen LogP contribution in [0.15, 0.2) is 4.99 Å². The third-order valence-electron chi connectivity index (χ3n) is 2.49. The predicted octanol–water partition coefficient (Wildman–Crippen LogP) is 4.00. The molecule has 1 aliphatic rings. The van der Waals surface area contributed by atoms with Crippen molar-refractivity contribution in [2.45, 2.75) is 58.9 Å². The topological polar surface area (TPSA) is 12.4 Å². The first-order valence-electron chi connectivity index (χ1n) is 5.24. The standard InChI is InChI=1S/C11H20ClN/c1-11(2,3)10(12)13-9-7-5-4-6-8-9/h9H,4-8H2,1-3H3. The van der Waals surface area contributed by atoms with Gasteiger partial charge in [0.15, 0.2) is 0 Å². The van der Waals surface area contributed by atoms with Crippen LogP contribution in [0.4, 0.5) is 0 Å². The van der Waals surface area contributed by atoms with Gasteiger partial charge in [-0.05, 0) is 12.8 Å². The normalized spacial score (nSPS) is 22.0. The summed E-state index contributed by atoms with van der Waals surface area (Å²) in [6.45, 7) is 6.34. The molecule has 0 bridgehead atoms. The van der Waals surface area contributed by atoms with E-state index in [1.807, 2.05) is 0 Å². The molecule has 0 amide bonds. The monoisotopic (exact) mass is 201 g/mol. The van der Waals surface area contributed by atoms with Gasteiger partial charge < -0.3 is 0 Å². The lowest BCUT2D eigenvalue weighted by atomic mass is 9.94. The Hall–Kier alpha value is -0.0400. The minimum Gasteiger partial charge on any atom is -0.274 e. The number of aliphatic imine (C=N–C) groups is 1. The van der Waals surface area contributed by atoms with E-state index in [4.69, 9.17) is 11.6 Å². The maximum Gasteiger partial charge on any atom is 0.106 e. The molecule has 0 unspecified atom stereocenters. The molecule has 1 aliphatic carbocycles. The van der Waals surface area contributed by atoms with Crippen LogP contribution in [0.1, 0.15) is 52.9 Å². The summed E-state index contributed by atoms with van der Waals surface area (Å²) < 4.78 is 0. The molecule has 0 aromatic carbocycles. The average molecular weight is 202 g/mol. The summed E-state index contributed by atoms with van der Waals surface area (Å²) >= 11 is 6.14. The second-order valence-corrected chi connectivity index (χ2v) is 5.32. The smallest absolute Gasteiger partial charge is 0.106 e. The van der Waals surface area contributed by atoms with E-state index in [1.165, 1.54) is 32.1 Å². The van der Waals surface area contributed by atoms with Crippen molar-refractivity contribution in [1.29, 1.82) is 0 Å². The predicted molar refractivity (Wildman–Crippen MR) is 59.6 cm³/mol. The Morgan fingerprint density at radius 3 is 2.15 bits per heavy atom. The van der Waals surface area contributed by atoms with Crippen LogP contribution in [0.5, 0.6) is 0 Å². The van der Waals surface area contributed by atoms with E-state index in [9.17, 15) is 0 Å². The molecule has 1 fully saturated rings. The fourth-order valence-electron chi connectivity index (χ4n) is 1.56. The van der Waals surface area contributed by atoms with Crippen molar-refractivity contribution in [3.63, 3.8) is 0 Å². The zero-order chi connectivity index (χ0) is 9.90. The summed E-state index contributed by atoms with van der Waals surface area (Å²) in [4.78, 5) is 4.59. The Balaban J connectivity index is 2.53. The summed E-state index contributed by atoms with van der Waals surface area (Å²) in [5.41, 5.74) is 0.0268. The van der Waals surface area contributed by atoms with E-state index in [1.54, 1.807) is 0 Å². The van der Waals surface area contributed by atoms with E-state index in [2.05, 4.69) is 25.8 Å². The van der Waals surface area contributed by atoms with Crippen molar-refractivity contribution in [3.8, 4) is 0 Å². The molecule has 0 atom stereocenters. The number of nitrogens with zero attached hydrogens (tertiary/aromatic N) is 1. The highest BCUT2D eigenvalue weighted by molar-refractivity contribution is 6.66. The van der Waals surface area contributed by atoms with Crippen molar-refractivity contribution in [3.05, 3.63) is 0 Å². The second-order valence-electron chi connectivity index (χ2n) is 4.96. The summed E-state index contributed by atoms with van der Waals surface area (Å²) in [5, 5.41) is 0.791. The van der Waals surface area contributed by atoms with Crippen molar-refractivity contribution >= 4 is 16.8 Å². The van der Waals surface area contributed by atoms with E-state index < -0.39 is 0 Å². The van der Waals surface area contributed by atoms with Crippen molar-refractivity contribution in [2.75, 3.05) is 0 Å². The molecule has 76 valence electrons. The lowest BCUT2D eigenvalue weighted by Crippen LogP contribution is -2.19. The molecular weight excluding hydrogens is 182 g/mol. The maximum absolute atomic E-state index is 6.14. The zero-order valence-electron chi connectivity index (χ0n) is 8.94. The Morgan fingerprint density at radius 1 is 1.15 bits per heavy atom. The van der Waals surface area contributed by atoms with Crippen LogP contribution >= 0.6 is 11.6 Å². The summed E-state index contributed by atoms with van der Waals surface area (Å²) in [6, 6.07) is 0.500. The van der Waals surface area contributed by atoms with E-state index in [-0.39, 0.29) is 5.41 Å². The Kier molecular flexibility index (Phi) is 3.78. The van der Waals surface area contributed by atoms with Gasteiger partial charge in [0.1, 0.15) is 5.17 Å². The van der Waals surface area contributed by atoms with E-state index in [0.29, 0.717) is 6.04 Å². The molecule has 0 aromatic heterocycles. The van der Waals surface area contributed by atoms with Crippen LogP contribution in [0, 0.1) is 5.41 Å². The molecule has 0 spiro atoms. The fraction of sp³-hybridized carbons (Fsp3) is 0.909. The van der Waals surface area contributed by atoms with Gasteiger partial charge in [0.2, 0.25) is 0 Å². The van der Waals surface area contributed by atoms with E-state index >= 15 is 0 Å². The van der Waals surface area contributed by atoms with Crippen molar-refractivity contribution < 1.29 is 0 Å². The number of rotatable bonds is 1. The molecule has 0 aliphatic heterocycles. The minimum atomic E-state index is 0.0268. The second kappa shape index (κ2) is 4.45. The molecule has 0 N–H and O–H groups in total. The van der Waals surface area contributed by atoms with Crippen LogP contribution in [-0.4, -0.2) is 11.2 Å². The molecule has 0 radical (unpaired) electrons. The van der Waals surface area contributed by atoms with Crippen LogP contribution in [0.25, 0.3) is 0 Å². The first kappa shape index (κ1) is 11.0. The molecular formula is C11H20ClN. The van der Waals surface area contributed by atoms with Crippen LogP contribution in [0.3, 0.4) is 0 Å². The SMILES string of the molecule is CC(C)(C)C(Cl)=NC1CCCCC1. The van der Waals surface area contributed by atoms with Gasteiger partial charge >= 0.3 is 0 Å². The average Bonchev–Trinajstić information content (AvgIpc) is 2.04. The minimum absolute atomic E-state index is 0.0268. The Morgan fingerprint density at radius 2 is 1.69 bits per heavy atom. The molecule has 13 heavy (non-hydrogen) atoms. The molecule has 1 rings (SSSR count). The molecule has 0 heterocycles. The number of hydrogen-bond donors (Lipinski definition) is 0. The van der Waals surface area contributed by atoms with Gasteiger partial charge in [0.05, 0.1) is 6.04 Å². The highest BCUT2D eigenvalue weighted by Crippen LogP contribution is 2.25. The summed E-state index contributed by atoms with van der Waals surface area (Å²) in [6.07, 6.45) is 6.47. The molecule has 1 nitrogen and oxygen atoms in total. The first-order chi connectivity index (χ1) is 6.00. The van der Waals surface area contributed by atoms with Gasteiger partial charge in [-0.15, -0.1) is 0 Å². The van der Waals surface area contributed by atoms with Gasteiger partial charge in [-0.25, -0.2) is 0 Å². The number of hydrogen-bond acceptors (Lipinski definition) is 1. The first-order valence-corrected chi connectivity index (χ1v) is 5.62. The third kappa shape index (κ3) is 3.68. The lowest BCUT2D eigenvalue weighted by molar-refractivity contribution is 0.439. The van der Waals surface area contributed by atoms with Crippen LogP contribution in [0.2, 0.25) is 0 Å². The van der Waals surface area contributed by atoms with Crippen molar-refractivity contribution in [1.82, 2.24) is 0 Å². The van der Waals surface area contributed by atoms with Crippen LogP contribution < -0.4 is 0 Å². The van der Waals surface area contributed by atoms with Crippen LogP contribution in [-0.2, 0) is 0 Å². The fourth-order valence-corrected chi connectivity index (χ4v) is 1.70. The lowest BCUT2D eigenvalue weighted by Gasteiger charge is -2.22. The van der Waals surface area contributed by atoms with Crippen molar-refractivity contribution in [2.24, 2.45) is 10.4 Å². The van der Waals surface area contributed by atoms with E-state index in [0.717, 1.165) is 5.17 Å². The van der Waals surface area contributed by atoms with Gasteiger partial charge in [-0.3, -0.25) is 4.99 Å². The molecule has 1 saturated carbocycles. The Labute approximate surface area is 86.6 Å². The van der Waals surface area contributed by atoms with Gasteiger partial charge in [-0.1, -0.05) is 51.6 Å². The van der Waals surface area contributed by atoms with Gasteiger partial charge in [0, 0.05) is 5.41 Å². The summed E-state index contributed by atoms with van der Waals surface area (Å²) in [5.74, 6) is 0.